The van der Waals surface area contributed by atoms with Gasteiger partial charge in [-0.3, -0.25) is 4.98 Å². The van der Waals surface area contributed by atoms with Gasteiger partial charge >= 0.3 is 21.1 Å². The third kappa shape index (κ3) is 3.92. The third-order valence-electron chi connectivity index (χ3n) is 5.27. The fraction of sp³-hybridized carbons (Fsp3) is 0. The maximum atomic E-state index is 5.81. The predicted molar refractivity (Wildman–Crippen MR) is 124 cm³/mol. The van der Waals surface area contributed by atoms with Gasteiger partial charge in [0.05, 0.1) is 6.20 Å². The molecule has 3 heterocycles. The van der Waals surface area contributed by atoms with Crippen molar-refractivity contribution in [2.45, 2.75) is 0 Å². The summed E-state index contributed by atoms with van der Waals surface area (Å²) in [5.74, 6) is 1.85. The number of nitrogens with zero attached hydrogens (tertiary/aromatic N) is 4. The second-order valence-corrected chi connectivity index (χ2v) is 7.25. The van der Waals surface area contributed by atoms with Gasteiger partial charge in [-0.05, 0) is 29.1 Å². The van der Waals surface area contributed by atoms with Gasteiger partial charge in [0.25, 0.3) is 0 Å². The minimum atomic E-state index is 0. The fourth-order valence-electron chi connectivity index (χ4n) is 3.89. The zero-order valence-electron chi connectivity index (χ0n) is 17.3. The molecular weight excluding hydrogens is 591 g/mol. The van der Waals surface area contributed by atoms with Crippen LogP contribution in [0.4, 0.5) is 0 Å². The number of pyridine rings is 1. The zero-order valence-corrected chi connectivity index (χ0v) is 19.5. The molecule has 0 unspecified atom stereocenters. The van der Waals surface area contributed by atoms with Crippen molar-refractivity contribution in [3.05, 3.63) is 110 Å². The van der Waals surface area contributed by atoms with Crippen molar-refractivity contribution in [3.63, 3.8) is 0 Å². The molecule has 0 aliphatic rings. The first kappa shape index (κ1) is 21.0. The molecular formula is C27H16N4OPt. The van der Waals surface area contributed by atoms with E-state index in [0.717, 1.165) is 33.4 Å². The number of ether oxygens (including phenoxy) is 1. The minimum Gasteiger partial charge on any atom is -0.459 e. The summed E-state index contributed by atoms with van der Waals surface area (Å²) in [6.45, 7) is 0. The van der Waals surface area contributed by atoms with Crippen LogP contribution < -0.4 is 4.74 Å². The van der Waals surface area contributed by atoms with Gasteiger partial charge in [-0.15, -0.1) is 18.2 Å². The number of fused-ring (bicyclic) bond motifs is 3. The molecule has 33 heavy (non-hydrogen) atoms. The molecule has 3 aromatic heterocycles. The third-order valence-corrected chi connectivity index (χ3v) is 5.27. The van der Waals surface area contributed by atoms with Crippen LogP contribution in [0.3, 0.4) is 0 Å². The van der Waals surface area contributed by atoms with Crippen molar-refractivity contribution in [1.82, 2.24) is 19.5 Å². The molecule has 3 aromatic carbocycles. The summed E-state index contributed by atoms with van der Waals surface area (Å²) in [7, 11) is 0. The van der Waals surface area contributed by atoms with Crippen LogP contribution in [0.1, 0.15) is 0 Å². The molecule has 0 spiro atoms. The van der Waals surface area contributed by atoms with Crippen molar-refractivity contribution in [1.29, 1.82) is 0 Å². The summed E-state index contributed by atoms with van der Waals surface area (Å²) in [6.07, 6.45) is 6.58. The van der Waals surface area contributed by atoms with E-state index in [4.69, 9.17) is 4.74 Å². The Kier molecular flexibility index (Phi) is 5.72. The van der Waals surface area contributed by atoms with E-state index in [1.54, 1.807) is 24.8 Å². The van der Waals surface area contributed by atoms with Crippen LogP contribution in [0, 0.1) is 12.1 Å². The Labute approximate surface area is 205 Å². The summed E-state index contributed by atoms with van der Waals surface area (Å²) in [5, 5.41) is 2.29. The van der Waals surface area contributed by atoms with Crippen LogP contribution in [0.25, 0.3) is 38.8 Å². The maximum Gasteiger partial charge on any atom is 2.00 e. The molecule has 0 atom stereocenters. The van der Waals surface area contributed by atoms with Gasteiger partial charge in [-0.1, -0.05) is 29.7 Å². The maximum absolute atomic E-state index is 5.81. The Morgan fingerprint density at radius 2 is 1.58 bits per heavy atom. The fourth-order valence-corrected chi connectivity index (χ4v) is 3.89. The van der Waals surface area contributed by atoms with Crippen molar-refractivity contribution < 1.29 is 25.8 Å². The summed E-state index contributed by atoms with van der Waals surface area (Å²) in [6, 6.07) is 31.2. The van der Waals surface area contributed by atoms with Crippen molar-refractivity contribution in [2.24, 2.45) is 0 Å². The van der Waals surface area contributed by atoms with Gasteiger partial charge in [-0.2, -0.15) is 24.3 Å². The van der Waals surface area contributed by atoms with Gasteiger partial charge in [0.15, 0.2) is 0 Å². The Morgan fingerprint density at radius 1 is 0.697 bits per heavy atom. The van der Waals surface area contributed by atoms with Gasteiger partial charge in [0.2, 0.25) is 5.88 Å². The molecule has 0 bridgehead atoms. The molecule has 6 rings (SSSR count). The Morgan fingerprint density at radius 3 is 2.42 bits per heavy atom. The summed E-state index contributed by atoms with van der Waals surface area (Å²) in [4.78, 5) is 12.8. The molecule has 0 fully saturated rings. The van der Waals surface area contributed by atoms with E-state index in [0.29, 0.717) is 11.6 Å². The average Bonchev–Trinajstić information content (AvgIpc) is 3.19. The van der Waals surface area contributed by atoms with Crippen LogP contribution in [0.15, 0.2) is 97.6 Å². The number of benzene rings is 3. The molecule has 0 saturated carbocycles. The predicted octanol–water partition coefficient (Wildman–Crippen LogP) is 6.03. The molecule has 0 saturated heterocycles. The van der Waals surface area contributed by atoms with E-state index in [-0.39, 0.29) is 21.1 Å². The van der Waals surface area contributed by atoms with E-state index in [2.05, 4.69) is 62.0 Å². The van der Waals surface area contributed by atoms with Crippen LogP contribution in [0.5, 0.6) is 11.6 Å². The second kappa shape index (κ2) is 8.97. The average molecular weight is 608 g/mol. The molecule has 5 nitrogen and oxygen atoms in total. The smallest absolute Gasteiger partial charge is 0.459 e. The normalized spacial score (nSPS) is 10.8. The molecule has 160 valence electrons. The Balaban J connectivity index is 0.00000228. The standard InChI is InChI=1S/C27H16N4O.Pt/c1-2-9-24-22(8-1)23-12-11-20(17-25(23)31(24)26-10-3-4-13-29-26)19-6-5-7-21(16-19)32-27-18-28-14-15-30-27;/h1-15,18H;/q-2;+2. The first-order chi connectivity index (χ1) is 15.9. The van der Waals surface area contributed by atoms with Crippen molar-refractivity contribution in [3.8, 4) is 28.6 Å². The van der Waals surface area contributed by atoms with Gasteiger partial charge in [0.1, 0.15) is 5.82 Å². The Hall–Kier alpha value is -3.82. The van der Waals surface area contributed by atoms with E-state index in [1.165, 1.54) is 5.39 Å². The number of hydrogen-bond acceptors (Lipinski definition) is 4. The van der Waals surface area contributed by atoms with E-state index >= 15 is 0 Å². The Bertz CT molecular complexity index is 1550. The van der Waals surface area contributed by atoms with Crippen LogP contribution in [-0.2, 0) is 21.1 Å². The first-order valence-corrected chi connectivity index (χ1v) is 10.2. The van der Waals surface area contributed by atoms with Crippen LogP contribution in [-0.4, -0.2) is 19.5 Å². The number of aromatic nitrogens is 4. The number of para-hydroxylation sites is 1. The topological polar surface area (TPSA) is 52.8 Å². The van der Waals surface area contributed by atoms with Crippen LogP contribution >= 0.6 is 0 Å². The van der Waals surface area contributed by atoms with E-state index < -0.39 is 0 Å². The molecule has 6 heteroatoms. The molecule has 0 aliphatic heterocycles. The van der Waals surface area contributed by atoms with Crippen molar-refractivity contribution in [2.75, 3.05) is 0 Å². The molecule has 0 aliphatic carbocycles. The van der Waals surface area contributed by atoms with E-state index in [1.807, 2.05) is 42.5 Å². The number of hydrogen-bond donors (Lipinski definition) is 0. The molecule has 6 aromatic rings. The first-order valence-electron chi connectivity index (χ1n) is 10.2. The zero-order chi connectivity index (χ0) is 21.3. The largest absolute Gasteiger partial charge is 2.00 e. The number of rotatable bonds is 4. The SMILES string of the molecule is [Pt+2].[c-]1c(Oc2cnccn2)cccc1-c1[c-]c2c(cc1)c1ccccc1n2-c1ccccn1. The van der Waals surface area contributed by atoms with Gasteiger partial charge in [0, 0.05) is 29.9 Å². The minimum absolute atomic E-state index is 0. The molecule has 0 N–H and O–H groups in total. The van der Waals surface area contributed by atoms with Gasteiger partial charge < -0.3 is 9.30 Å². The molecule has 0 radical (unpaired) electrons. The quantitative estimate of drug-likeness (QED) is 0.230. The summed E-state index contributed by atoms with van der Waals surface area (Å²) in [5.41, 5.74) is 3.86. The van der Waals surface area contributed by atoms with Gasteiger partial charge in [-0.25, -0.2) is 21.1 Å². The van der Waals surface area contributed by atoms with E-state index in [9.17, 15) is 0 Å². The van der Waals surface area contributed by atoms with Crippen LogP contribution in [0.2, 0.25) is 0 Å². The molecule has 0 amide bonds. The monoisotopic (exact) mass is 607 g/mol. The van der Waals surface area contributed by atoms with Crippen molar-refractivity contribution >= 4 is 21.8 Å². The summed E-state index contributed by atoms with van der Waals surface area (Å²) < 4.78 is 7.96. The second-order valence-electron chi connectivity index (χ2n) is 7.25. The summed E-state index contributed by atoms with van der Waals surface area (Å²) >= 11 is 0.